The topological polar surface area (TPSA) is 59.6 Å². The summed E-state index contributed by atoms with van der Waals surface area (Å²) in [6.45, 7) is 2.74. The molecule has 0 radical (unpaired) electrons. The molecule has 22 heavy (non-hydrogen) atoms. The number of guanidine groups is 1. The van der Waals surface area contributed by atoms with Crippen molar-refractivity contribution in [2.75, 3.05) is 19.0 Å². The Hall–Kier alpha value is -1.76. The summed E-state index contributed by atoms with van der Waals surface area (Å²) in [6.07, 6.45) is 0.876. The van der Waals surface area contributed by atoms with Gasteiger partial charge >= 0.3 is 0 Å². The van der Waals surface area contributed by atoms with Crippen LogP contribution in [-0.4, -0.2) is 19.6 Å². The average Bonchev–Trinajstić information content (AvgIpc) is 2.49. The Balaban J connectivity index is 0.00000242. The van der Waals surface area contributed by atoms with Crippen molar-refractivity contribution in [1.82, 2.24) is 0 Å². The fraction of sp³-hybridized carbons (Fsp3) is 0.235. The third-order valence-electron chi connectivity index (χ3n) is 3.15. The van der Waals surface area contributed by atoms with Crippen molar-refractivity contribution in [2.45, 2.75) is 13.3 Å². The maximum Gasteiger partial charge on any atom is 0.193 e. The zero-order valence-electron chi connectivity index (χ0n) is 12.9. The fourth-order valence-electron chi connectivity index (χ4n) is 1.95. The van der Waals surface area contributed by atoms with Crippen LogP contribution in [0.3, 0.4) is 0 Å². The van der Waals surface area contributed by atoms with Crippen LogP contribution >= 0.6 is 24.0 Å². The molecule has 0 aromatic heterocycles. The van der Waals surface area contributed by atoms with Crippen molar-refractivity contribution >= 4 is 35.6 Å². The van der Waals surface area contributed by atoms with Gasteiger partial charge in [-0.2, -0.15) is 0 Å². The van der Waals surface area contributed by atoms with Gasteiger partial charge in [-0.1, -0.05) is 35.9 Å². The van der Waals surface area contributed by atoms with E-state index in [1.54, 1.807) is 7.11 Å². The molecule has 0 aliphatic rings. The highest BCUT2D eigenvalue weighted by molar-refractivity contribution is 14.0. The van der Waals surface area contributed by atoms with Crippen molar-refractivity contribution in [3.05, 3.63) is 59.7 Å². The summed E-state index contributed by atoms with van der Waals surface area (Å²) in [7, 11) is 1.64. The summed E-state index contributed by atoms with van der Waals surface area (Å²) in [5.74, 6) is 1.20. The lowest BCUT2D eigenvalue weighted by atomic mass is 10.1. The minimum atomic E-state index is 0. The van der Waals surface area contributed by atoms with Gasteiger partial charge in [-0.3, -0.25) is 4.99 Å². The average molecular weight is 411 g/mol. The summed E-state index contributed by atoms with van der Waals surface area (Å²) in [5, 5.41) is 3.06. The molecule has 0 saturated carbocycles. The molecule has 0 unspecified atom stereocenters. The van der Waals surface area contributed by atoms with Crippen LogP contribution in [0.2, 0.25) is 0 Å². The molecule has 5 heteroatoms. The first-order chi connectivity index (χ1) is 10.2. The Kier molecular flexibility index (Phi) is 7.73. The van der Waals surface area contributed by atoms with Crippen LogP contribution < -0.4 is 15.8 Å². The van der Waals surface area contributed by atoms with Crippen molar-refractivity contribution < 1.29 is 4.74 Å². The third-order valence-corrected chi connectivity index (χ3v) is 3.15. The van der Waals surface area contributed by atoms with Crippen LogP contribution in [0.4, 0.5) is 5.69 Å². The van der Waals surface area contributed by atoms with Crippen LogP contribution in [0.5, 0.6) is 5.75 Å². The lowest BCUT2D eigenvalue weighted by molar-refractivity contribution is 0.415. The van der Waals surface area contributed by atoms with Gasteiger partial charge in [0.15, 0.2) is 5.96 Å². The Labute approximate surface area is 148 Å². The Morgan fingerprint density at radius 2 is 1.91 bits per heavy atom. The molecule has 2 rings (SSSR count). The number of nitrogens with one attached hydrogen (secondary N) is 1. The normalized spacial score (nSPS) is 10.7. The molecule has 0 heterocycles. The third kappa shape index (κ3) is 5.93. The second kappa shape index (κ2) is 9.30. The molecular weight excluding hydrogens is 389 g/mol. The molecule has 0 fully saturated rings. The number of aliphatic imine (C=N–C) groups is 1. The molecule has 0 spiro atoms. The summed E-state index contributed by atoms with van der Waals surface area (Å²) in [5.41, 5.74) is 9.28. The van der Waals surface area contributed by atoms with Crippen LogP contribution in [0, 0.1) is 6.92 Å². The monoisotopic (exact) mass is 411 g/mol. The van der Waals surface area contributed by atoms with Crippen molar-refractivity contribution in [1.29, 1.82) is 0 Å². The molecule has 0 bridgehead atoms. The number of anilines is 1. The van der Waals surface area contributed by atoms with E-state index in [2.05, 4.69) is 41.5 Å². The number of nitrogens with zero attached hydrogens (tertiary/aromatic N) is 1. The van der Waals surface area contributed by atoms with Crippen molar-refractivity contribution in [3.63, 3.8) is 0 Å². The number of ether oxygens (including phenoxy) is 1. The summed E-state index contributed by atoms with van der Waals surface area (Å²) < 4.78 is 5.16. The van der Waals surface area contributed by atoms with Gasteiger partial charge in [-0.15, -0.1) is 24.0 Å². The van der Waals surface area contributed by atoms with Gasteiger partial charge in [-0.05, 0) is 31.0 Å². The van der Waals surface area contributed by atoms with E-state index in [0.29, 0.717) is 12.5 Å². The SMILES string of the molecule is COc1cccc(NC(N)=NCCc2ccc(C)cc2)c1.I. The number of hydrogen-bond acceptors (Lipinski definition) is 2. The highest BCUT2D eigenvalue weighted by atomic mass is 127. The number of benzene rings is 2. The van der Waals surface area contributed by atoms with Gasteiger partial charge < -0.3 is 15.8 Å². The highest BCUT2D eigenvalue weighted by Gasteiger charge is 1.98. The summed E-state index contributed by atoms with van der Waals surface area (Å²) in [4.78, 5) is 4.34. The van der Waals surface area contributed by atoms with Gasteiger partial charge in [0.2, 0.25) is 0 Å². The molecule has 0 aliphatic heterocycles. The van der Waals surface area contributed by atoms with Gasteiger partial charge in [0, 0.05) is 18.3 Å². The second-order valence-electron chi connectivity index (χ2n) is 4.86. The van der Waals surface area contributed by atoms with E-state index < -0.39 is 0 Å². The minimum absolute atomic E-state index is 0. The quantitative estimate of drug-likeness (QED) is 0.449. The fourth-order valence-corrected chi connectivity index (χ4v) is 1.95. The van der Waals surface area contributed by atoms with Crippen LogP contribution in [0.1, 0.15) is 11.1 Å². The lowest BCUT2D eigenvalue weighted by Gasteiger charge is -2.07. The number of aryl methyl sites for hydroxylation is 1. The molecule has 4 nitrogen and oxygen atoms in total. The zero-order valence-corrected chi connectivity index (χ0v) is 15.2. The zero-order chi connectivity index (χ0) is 15.1. The minimum Gasteiger partial charge on any atom is -0.497 e. The molecule has 0 atom stereocenters. The molecule has 2 aromatic carbocycles. The first kappa shape index (κ1) is 18.3. The van der Waals surface area contributed by atoms with E-state index in [1.807, 2.05) is 24.3 Å². The van der Waals surface area contributed by atoms with Gasteiger partial charge in [0.25, 0.3) is 0 Å². The first-order valence-corrected chi connectivity index (χ1v) is 6.94. The first-order valence-electron chi connectivity index (χ1n) is 6.94. The molecular formula is C17H22IN3O. The van der Waals surface area contributed by atoms with Crippen molar-refractivity contribution in [2.24, 2.45) is 10.7 Å². The van der Waals surface area contributed by atoms with E-state index in [1.165, 1.54) is 11.1 Å². The Morgan fingerprint density at radius 3 is 2.59 bits per heavy atom. The summed E-state index contributed by atoms with van der Waals surface area (Å²) in [6, 6.07) is 16.0. The maximum absolute atomic E-state index is 5.88. The van der Waals surface area contributed by atoms with E-state index in [-0.39, 0.29) is 24.0 Å². The molecule has 2 aromatic rings. The lowest BCUT2D eigenvalue weighted by Crippen LogP contribution is -2.23. The van der Waals surface area contributed by atoms with Crippen LogP contribution in [-0.2, 0) is 6.42 Å². The Bertz CT molecular complexity index is 612. The smallest absolute Gasteiger partial charge is 0.193 e. The molecule has 118 valence electrons. The number of nitrogens with two attached hydrogens (primary N) is 1. The second-order valence-corrected chi connectivity index (χ2v) is 4.86. The maximum atomic E-state index is 5.88. The molecule has 3 N–H and O–H groups in total. The predicted octanol–water partition coefficient (Wildman–Crippen LogP) is 3.59. The Morgan fingerprint density at radius 1 is 1.18 bits per heavy atom. The largest absolute Gasteiger partial charge is 0.497 e. The predicted molar refractivity (Wildman–Crippen MR) is 103 cm³/mol. The van der Waals surface area contributed by atoms with Gasteiger partial charge in [0.05, 0.1) is 7.11 Å². The van der Waals surface area contributed by atoms with E-state index in [0.717, 1.165) is 17.9 Å². The molecule has 0 amide bonds. The van der Waals surface area contributed by atoms with E-state index in [9.17, 15) is 0 Å². The highest BCUT2D eigenvalue weighted by Crippen LogP contribution is 2.16. The molecule has 0 aliphatic carbocycles. The summed E-state index contributed by atoms with van der Waals surface area (Å²) >= 11 is 0. The van der Waals surface area contributed by atoms with Crippen LogP contribution in [0.15, 0.2) is 53.5 Å². The van der Waals surface area contributed by atoms with E-state index in [4.69, 9.17) is 10.5 Å². The number of methoxy groups -OCH3 is 1. The van der Waals surface area contributed by atoms with Crippen molar-refractivity contribution in [3.8, 4) is 5.75 Å². The standard InChI is InChI=1S/C17H21N3O.HI/c1-13-6-8-14(9-7-13)10-11-19-17(18)20-15-4-3-5-16(12-15)21-2;/h3-9,12H,10-11H2,1-2H3,(H3,18,19,20);1H. The van der Waals surface area contributed by atoms with Crippen LogP contribution in [0.25, 0.3) is 0 Å². The number of rotatable bonds is 5. The van der Waals surface area contributed by atoms with Gasteiger partial charge in [0.1, 0.15) is 5.75 Å². The number of hydrogen-bond donors (Lipinski definition) is 2. The number of halogens is 1. The van der Waals surface area contributed by atoms with E-state index >= 15 is 0 Å². The van der Waals surface area contributed by atoms with Gasteiger partial charge in [-0.25, -0.2) is 0 Å². The molecule has 0 saturated heterocycles.